The number of halogens is 2. The number of benzene rings is 1. The normalized spacial score (nSPS) is 19.5. The van der Waals surface area contributed by atoms with Gasteiger partial charge in [-0.05, 0) is 19.8 Å². The Morgan fingerprint density at radius 2 is 1.89 bits per heavy atom. The lowest BCUT2D eigenvalue weighted by molar-refractivity contribution is -0.161. The molecule has 1 atom stereocenters. The van der Waals surface area contributed by atoms with E-state index in [0.29, 0.717) is 12.8 Å². The smallest absolute Gasteiger partial charge is 0.327 e. The van der Waals surface area contributed by atoms with Gasteiger partial charge in [0.25, 0.3) is 5.91 Å². The highest BCUT2D eigenvalue weighted by Gasteiger charge is 2.47. The van der Waals surface area contributed by atoms with Gasteiger partial charge in [-0.1, -0.05) is 30.3 Å². The third-order valence-electron chi connectivity index (χ3n) is 3.39. The van der Waals surface area contributed by atoms with Crippen LogP contribution in [-0.4, -0.2) is 29.2 Å². The molecule has 0 radical (unpaired) electrons. The maximum atomic E-state index is 14.1. The minimum atomic E-state index is -3.58. The fourth-order valence-corrected chi connectivity index (χ4v) is 2.38. The van der Waals surface area contributed by atoms with E-state index in [1.807, 2.05) is 0 Å². The molecular weight excluding hydrogens is 252 g/mol. The van der Waals surface area contributed by atoms with Crippen LogP contribution < -0.4 is 0 Å². The van der Waals surface area contributed by atoms with E-state index in [1.54, 1.807) is 6.07 Å². The molecule has 0 bridgehead atoms. The maximum Gasteiger partial charge on any atom is 0.349 e. The van der Waals surface area contributed by atoms with E-state index >= 15 is 0 Å². The Kier molecular flexibility index (Phi) is 3.64. The molecule has 1 aromatic rings. The molecule has 1 fully saturated rings. The molecule has 1 heterocycles. The van der Waals surface area contributed by atoms with Crippen LogP contribution in [0, 0.1) is 0 Å². The Bertz CT molecular complexity index is 487. The van der Waals surface area contributed by atoms with Gasteiger partial charge in [-0.3, -0.25) is 9.59 Å². The summed E-state index contributed by atoms with van der Waals surface area (Å²) in [6.07, 6.45) is 1.05. The summed E-state index contributed by atoms with van der Waals surface area (Å²) < 4.78 is 28.3. The predicted octanol–water partition coefficient (Wildman–Crippen LogP) is 2.36. The van der Waals surface area contributed by atoms with E-state index in [0.717, 1.165) is 4.90 Å². The third-order valence-corrected chi connectivity index (χ3v) is 3.39. The van der Waals surface area contributed by atoms with E-state index in [4.69, 9.17) is 0 Å². The molecule has 1 aromatic carbocycles. The van der Waals surface area contributed by atoms with Crippen LogP contribution in [0.5, 0.6) is 0 Å². The number of nitrogens with zero attached hydrogens (tertiary/aromatic N) is 1. The van der Waals surface area contributed by atoms with Crippen LogP contribution in [0.1, 0.15) is 25.3 Å². The minimum absolute atomic E-state index is 0.214. The van der Waals surface area contributed by atoms with Gasteiger partial charge in [0.05, 0.1) is 6.04 Å². The highest BCUT2D eigenvalue weighted by atomic mass is 19.3. The Labute approximate surface area is 110 Å². The monoisotopic (exact) mass is 267 g/mol. The zero-order chi connectivity index (χ0) is 14.0. The number of carbonyl (C=O) groups is 2. The molecule has 5 heteroatoms. The highest BCUT2D eigenvalue weighted by Crippen LogP contribution is 2.33. The Morgan fingerprint density at radius 3 is 2.47 bits per heavy atom. The lowest BCUT2D eigenvalue weighted by Crippen LogP contribution is -2.46. The SMILES string of the molecule is CC(=O)[C@@H]1CCCN1C(=O)C(F)(F)c1ccccc1. The summed E-state index contributed by atoms with van der Waals surface area (Å²) in [5, 5.41) is 0. The summed E-state index contributed by atoms with van der Waals surface area (Å²) in [5.41, 5.74) is -0.339. The number of hydrogen-bond donors (Lipinski definition) is 0. The number of amides is 1. The summed E-state index contributed by atoms with van der Waals surface area (Å²) in [7, 11) is 0. The number of hydrogen-bond acceptors (Lipinski definition) is 2. The molecule has 19 heavy (non-hydrogen) atoms. The minimum Gasteiger partial charge on any atom is -0.327 e. The van der Waals surface area contributed by atoms with Gasteiger partial charge in [0.2, 0.25) is 0 Å². The van der Waals surface area contributed by atoms with Gasteiger partial charge in [-0.15, -0.1) is 0 Å². The van der Waals surface area contributed by atoms with Crippen molar-refractivity contribution in [3.63, 3.8) is 0 Å². The fraction of sp³-hybridized carbons (Fsp3) is 0.429. The molecule has 0 spiro atoms. The van der Waals surface area contributed by atoms with Crippen LogP contribution in [0.4, 0.5) is 8.78 Å². The van der Waals surface area contributed by atoms with Crippen molar-refractivity contribution in [3.8, 4) is 0 Å². The van der Waals surface area contributed by atoms with E-state index in [2.05, 4.69) is 0 Å². The largest absolute Gasteiger partial charge is 0.349 e. The molecule has 2 rings (SSSR count). The molecule has 0 aliphatic carbocycles. The van der Waals surface area contributed by atoms with Crippen LogP contribution >= 0.6 is 0 Å². The van der Waals surface area contributed by atoms with Crippen molar-refractivity contribution in [2.24, 2.45) is 0 Å². The topological polar surface area (TPSA) is 37.4 Å². The second kappa shape index (κ2) is 5.07. The van der Waals surface area contributed by atoms with Crippen LogP contribution in [-0.2, 0) is 15.5 Å². The van der Waals surface area contributed by atoms with Crippen LogP contribution in [0.15, 0.2) is 30.3 Å². The molecule has 0 N–H and O–H groups in total. The van der Waals surface area contributed by atoms with Crippen molar-refractivity contribution in [2.45, 2.75) is 31.7 Å². The van der Waals surface area contributed by atoms with E-state index in [-0.39, 0.29) is 17.9 Å². The summed E-state index contributed by atoms with van der Waals surface area (Å²) in [6, 6.07) is 6.26. The molecule has 1 amide bonds. The lowest BCUT2D eigenvalue weighted by atomic mass is 10.1. The first-order chi connectivity index (χ1) is 8.94. The van der Waals surface area contributed by atoms with Crippen molar-refractivity contribution in [2.75, 3.05) is 6.54 Å². The van der Waals surface area contributed by atoms with Gasteiger partial charge in [0.1, 0.15) is 0 Å². The van der Waals surface area contributed by atoms with Crippen molar-refractivity contribution >= 4 is 11.7 Å². The van der Waals surface area contributed by atoms with Gasteiger partial charge in [0, 0.05) is 12.1 Å². The van der Waals surface area contributed by atoms with E-state index in [9.17, 15) is 18.4 Å². The Morgan fingerprint density at radius 1 is 1.26 bits per heavy atom. The number of rotatable bonds is 3. The first-order valence-electron chi connectivity index (χ1n) is 6.19. The number of likely N-dealkylation sites (tertiary alicyclic amines) is 1. The molecule has 3 nitrogen and oxygen atoms in total. The quantitative estimate of drug-likeness (QED) is 0.843. The maximum absolute atomic E-state index is 14.1. The molecule has 1 aliphatic rings. The molecule has 102 valence electrons. The first-order valence-corrected chi connectivity index (χ1v) is 6.19. The van der Waals surface area contributed by atoms with Crippen LogP contribution in [0.25, 0.3) is 0 Å². The Hall–Kier alpha value is -1.78. The van der Waals surface area contributed by atoms with Gasteiger partial charge >= 0.3 is 5.92 Å². The van der Waals surface area contributed by atoms with Gasteiger partial charge in [-0.2, -0.15) is 8.78 Å². The highest BCUT2D eigenvalue weighted by molar-refractivity contribution is 5.91. The summed E-state index contributed by atoms with van der Waals surface area (Å²) in [6.45, 7) is 1.54. The molecule has 0 saturated carbocycles. The van der Waals surface area contributed by atoms with E-state index < -0.39 is 17.9 Å². The standard InChI is InChI=1S/C14H15F2NO2/c1-10(18)12-8-5-9-17(12)13(19)14(15,16)11-6-3-2-4-7-11/h2-4,6-7,12H,5,8-9H2,1H3/t12-/m0/s1. The van der Waals surface area contributed by atoms with Gasteiger partial charge in [-0.25, -0.2) is 0 Å². The second-order valence-electron chi connectivity index (χ2n) is 4.71. The number of alkyl halides is 2. The first kappa shape index (κ1) is 13.6. The average molecular weight is 267 g/mol. The molecule has 1 saturated heterocycles. The predicted molar refractivity (Wildman–Crippen MR) is 65.8 cm³/mol. The zero-order valence-corrected chi connectivity index (χ0v) is 10.6. The van der Waals surface area contributed by atoms with Crippen molar-refractivity contribution in [3.05, 3.63) is 35.9 Å². The molecule has 1 aliphatic heterocycles. The number of Topliss-reactive ketones (excluding diaryl/α,β-unsaturated/α-hetero) is 1. The average Bonchev–Trinajstić information content (AvgIpc) is 2.88. The van der Waals surface area contributed by atoms with E-state index in [1.165, 1.54) is 31.2 Å². The summed E-state index contributed by atoms with van der Waals surface area (Å²) >= 11 is 0. The van der Waals surface area contributed by atoms with Crippen molar-refractivity contribution in [1.82, 2.24) is 4.90 Å². The molecular formula is C14H15F2NO2. The van der Waals surface area contributed by atoms with Crippen LogP contribution in [0.2, 0.25) is 0 Å². The second-order valence-corrected chi connectivity index (χ2v) is 4.71. The fourth-order valence-electron chi connectivity index (χ4n) is 2.38. The number of ketones is 1. The number of carbonyl (C=O) groups excluding carboxylic acids is 2. The Balaban J connectivity index is 2.26. The molecule has 0 aromatic heterocycles. The third kappa shape index (κ3) is 2.50. The summed E-state index contributed by atoms with van der Waals surface area (Å²) in [5.74, 6) is -5.11. The zero-order valence-electron chi connectivity index (χ0n) is 10.6. The lowest BCUT2D eigenvalue weighted by Gasteiger charge is -2.27. The van der Waals surface area contributed by atoms with Crippen molar-refractivity contribution in [1.29, 1.82) is 0 Å². The molecule has 0 unspecified atom stereocenters. The van der Waals surface area contributed by atoms with Gasteiger partial charge in [0.15, 0.2) is 5.78 Å². The van der Waals surface area contributed by atoms with Gasteiger partial charge < -0.3 is 4.90 Å². The van der Waals surface area contributed by atoms with Crippen LogP contribution in [0.3, 0.4) is 0 Å². The van der Waals surface area contributed by atoms with Crippen molar-refractivity contribution < 1.29 is 18.4 Å². The summed E-state index contributed by atoms with van der Waals surface area (Å²) in [4.78, 5) is 24.4.